The Balaban J connectivity index is 1.58. The van der Waals surface area contributed by atoms with Crippen molar-refractivity contribution in [2.75, 3.05) is 19.6 Å². The lowest BCUT2D eigenvalue weighted by molar-refractivity contribution is -0.0238. The van der Waals surface area contributed by atoms with E-state index in [0.29, 0.717) is 5.84 Å². The number of aryl methyl sites for hydroxylation is 1. The van der Waals surface area contributed by atoms with E-state index in [2.05, 4.69) is 16.4 Å². The third-order valence-electron chi connectivity index (χ3n) is 5.35. The Morgan fingerprint density at radius 1 is 1.36 bits per heavy atom. The van der Waals surface area contributed by atoms with Crippen LogP contribution in [-0.4, -0.2) is 37.7 Å². The second-order valence-corrected chi connectivity index (χ2v) is 7.11. The van der Waals surface area contributed by atoms with Gasteiger partial charge in [-0.25, -0.2) is 5.90 Å². The summed E-state index contributed by atoms with van der Waals surface area (Å²) >= 11 is 0. The summed E-state index contributed by atoms with van der Waals surface area (Å²) in [5.41, 5.74) is 8.36. The first-order chi connectivity index (χ1) is 12.2. The van der Waals surface area contributed by atoms with Crippen LogP contribution in [0.25, 0.3) is 0 Å². The molecule has 1 aromatic carbocycles. The van der Waals surface area contributed by atoms with Gasteiger partial charge >= 0.3 is 0 Å². The Labute approximate surface area is 149 Å². The molecule has 0 saturated carbocycles. The van der Waals surface area contributed by atoms with Gasteiger partial charge in [0.05, 0.1) is 0 Å². The molecular formula is C19H30N4O2. The van der Waals surface area contributed by atoms with Crippen LogP contribution in [-0.2, 0) is 11.3 Å². The van der Waals surface area contributed by atoms with Crippen LogP contribution < -0.4 is 21.7 Å². The van der Waals surface area contributed by atoms with Crippen LogP contribution in [0.15, 0.2) is 23.2 Å². The molecule has 2 aliphatic heterocycles. The number of amidine groups is 1. The molecule has 2 aliphatic rings. The second-order valence-electron chi connectivity index (χ2n) is 7.11. The summed E-state index contributed by atoms with van der Waals surface area (Å²) < 4.78 is 5.99. The number of rotatable bonds is 6. The van der Waals surface area contributed by atoms with E-state index < -0.39 is 0 Å². The topological polar surface area (TPSA) is 94.9 Å². The summed E-state index contributed by atoms with van der Waals surface area (Å²) in [7, 11) is 0. The third kappa shape index (κ3) is 4.71. The Hall–Kier alpha value is -1.63. The summed E-state index contributed by atoms with van der Waals surface area (Å²) in [4.78, 5) is 9.48. The van der Waals surface area contributed by atoms with Crippen molar-refractivity contribution in [2.45, 2.75) is 51.2 Å². The lowest BCUT2D eigenvalue weighted by Crippen LogP contribution is -2.36. The van der Waals surface area contributed by atoms with E-state index in [1.165, 1.54) is 18.4 Å². The average Bonchev–Trinajstić information content (AvgIpc) is 2.67. The zero-order chi connectivity index (χ0) is 17.6. The maximum Gasteiger partial charge on any atom is 0.127 e. The minimum Gasteiger partial charge on any atom is -0.487 e. The molecule has 25 heavy (non-hydrogen) atoms. The van der Waals surface area contributed by atoms with Crippen molar-refractivity contribution in [3.8, 4) is 5.75 Å². The number of hydrogen-bond donors (Lipinski definition) is 3. The summed E-state index contributed by atoms with van der Waals surface area (Å²) in [5, 5.41) is 3.40. The second kappa shape index (κ2) is 8.65. The zero-order valence-corrected chi connectivity index (χ0v) is 15.0. The van der Waals surface area contributed by atoms with Gasteiger partial charge in [0.15, 0.2) is 0 Å². The molecule has 0 spiro atoms. The van der Waals surface area contributed by atoms with E-state index in [9.17, 15) is 0 Å². The van der Waals surface area contributed by atoms with Crippen LogP contribution in [0.2, 0.25) is 0 Å². The van der Waals surface area contributed by atoms with Gasteiger partial charge in [0.2, 0.25) is 0 Å². The van der Waals surface area contributed by atoms with Crippen LogP contribution in [0.5, 0.6) is 5.75 Å². The largest absolute Gasteiger partial charge is 0.487 e. The number of ether oxygens (including phenoxy) is 1. The first-order valence-corrected chi connectivity index (χ1v) is 9.33. The van der Waals surface area contributed by atoms with E-state index in [1.807, 2.05) is 19.1 Å². The molecule has 1 saturated heterocycles. The molecule has 6 heteroatoms. The standard InChI is InChI=1S/C19H30N4O2/c1-13(25-21)17-4-2-15-12-16(3-5-18(15)24-17)19(20)23-11-8-14-6-9-22-10-7-14/h3,5,12-14,17,22H,2,4,6-11,21H2,1H3,(H2,20,23). The van der Waals surface area contributed by atoms with Gasteiger partial charge in [-0.2, -0.15) is 0 Å². The van der Waals surface area contributed by atoms with Gasteiger partial charge in [-0.1, -0.05) is 0 Å². The van der Waals surface area contributed by atoms with Crippen LogP contribution in [0.1, 0.15) is 43.7 Å². The van der Waals surface area contributed by atoms with Crippen molar-refractivity contribution in [3.63, 3.8) is 0 Å². The molecule has 2 heterocycles. The van der Waals surface area contributed by atoms with Crippen LogP contribution in [0, 0.1) is 5.92 Å². The normalized spacial score (nSPS) is 23.0. The summed E-state index contributed by atoms with van der Waals surface area (Å²) in [6.07, 6.45) is 5.32. The minimum atomic E-state index is -0.116. The summed E-state index contributed by atoms with van der Waals surface area (Å²) in [6, 6.07) is 6.07. The number of piperidine rings is 1. The van der Waals surface area contributed by atoms with Gasteiger partial charge in [-0.15, -0.1) is 0 Å². The Morgan fingerprint density at radius 2 is 2.16 bits per heavy atom. The fraction of sp³-hybridized carbons (Fsp3) is 0.632. The van der Waals surface area contributed by atoms with Gasteiger partial charge in [0.1, 0.15) is 23.8 Å². The van der Waals surface area contributed by atoms with Crippen molar-refractivity contribution in [1.29, 1.82) is 0 Å². The number of benzene rings is 1. The number of nitrogens with two attached hydrogens (primary N) is 2. The number of nitrogens with one attached hydrogen (secondary N) is 1. The van der Waals surface area contributed by atoms with Crippen molar-refractivity contribution in [3.05, 3.63) is 29.3 Å². The Morgan fingerprint density at radius 3 is 2.92 bits per heavy atom. The lowest BCUT2D eigenvalue weighted by Gasteiger charge is -2.29. The minimum absolute atomic E-state index is 0.000605. The zero-order valence-electron chi connectivity index (χ0n) is 15.0. The maximum atomic E-state index is 6.20. The van der Waals surface area contributed by atoms with Gasteiger partial charge < -0.3 is 15.8 Å². The molecule has 0 aliphatic carbocycles. The molecule has 3 rings (SSSR count). The van der Waals surface area contributed by atoms with Crippen LogP contribution in [0.4, 0.5) is 0 Å². The first-order valence-electron chi connectivity index (χ1n) is 9.33. The molecule has 0 aromatic heterocycles. The maximum absolute atomic E-state index is 6.20. The predicted octanol–water partition coefficient (Wildman–Crippen LogP) is 1.75. The van der Waals surface area contributed by atoms with Gasteiger partial charge in [0, 0.05) is 12.1 Å². The monoisotopic (exact) mass is 346 g/mol. The Bertz CT molecular complexity index is 599. The van der Waals surface area contributed by atoms with Crippen LogP contribution in [0.3, 0.4) is 0 Å². The van der Waals surface area contributed by atoms with Gasteiger partial charge in [-0.3, -0.25) is 9.83 Å². The smallest absolute Gasteiger partial charge is 0.127 e. The molecule has 138 valence electrons. The highest BCUT2D eigenvalue weighted by molar-refractivity contribution is 5.97. The highest BCUT2D eigenvalue weighted by Gasteiger charge is 2.25. The highest BCUT2D eigenvalue weighted by atomic mass is 16.6. The molecule has 5 N–H and O–H groups in total. The fourth-order valence-corrected chi connectivity index (χ4v) is 3.62. The number of hydrogen-bond acceptors (Lipinski definition) is 5. The molecular weight excluding hydrogens is 316 g/mol. The van der Waals surface area contributed by atoms with E-state index in [-0.39, 0.29) is 12.2 Å². The Kier molecular flexibility index (Phi) is 6.29. The SMILES string of the molecule is CC(ON)C1CCc2cc(C(N)=NCCC3CCNCC3)ccc2O1. The van der Waals surface area contributed by atoms with Crippen molar-refractivity contribution < 1.29 is 9.57 Å². The first kappa shape index (κ1) is 18.2. The van der Waals surface area contributed by atoms with Crippen molar-refractivity contribution >= 4 is 5.84 Å². The average molecular weight is 346 g/mol. The molecule has 6 nitrogen and oxygen atoms in total. The third-order valence-corrected chi connectivity index (χ3v) is 5.35. The van der Waals surface area contributed by atoms with Crippen molar-refractivity contribution in [2.24, 2.45) is 22.5 Å². The molecule has 1 aromatic rings. The van der Waals surface area contributed by atoms with Crippen molar-refractivity contribution in [1.82, 2.24) is 5.32 Å². The molecule has 2 atom stereocenters. The highest BCUT2D eigenvalue weighted by Crippen LogP contribution is 2.30. The fourth-order valence-electron chi connectivity index (χ4n) is 3.62. The number of fused-ring (bicyclic) bond motifs is 1. The number of aliphatic imine (C=N–C) groups is 1. The van der Waals surface area contributed by atoms with E-state index in [4.69, 9.17) is 21.2 Å². The molecule has 0 bridgehead atoms. The summed E-state index contributed by atoms with van der Waals surface area (Å²) in [6.45, 7) is 4.99. The molecule has 2 unspecified atom stereocenters. The molecule has 0 amide bonds. The molecule has 0 radical (unpaired) electrons. The quantitative estimate of drug-likeness (QED) is 0.414. The van der Waals surface area contributed by atoms with Gasteiger partial charge in [0.25, 0.3) is 0 Å². The summed E-state index contributed by atoms with van der Waals surface area (Å²) in [5.74, 6) is 7.57. The van der Waals surface area contributed by atoms with E-state index >= 15 is 0 Å². The van der Waals surface area contributed by atoms with Crippen LogP contribution >= 0.6 is 0 Å². The van der Waals surface area contributed by atoms with E-state index in [0.717, 1.165) is 56.1 Å². The van der Waals surface area contributed by atoms with E-state index in [1.54, 1.807) is 0 Å². The van der Waals surface area contributed by atoms with Gasteiger partial charge in [-0.05, 0) is 81.8 Å². The lowest BCUT2D eigenvalue weighted by atomic mass is 9.95. The molecule has 1 fully saturated rings. The predicted molar refractivity (Wildman–Crippen MR) is 99.7 cm³/mol. The number of nitrogens with zero attached hydrogens (tertiary/aromatic N) is 1.